The first kappa shape index (κ1) is 32.8. The van der Waals surface area contributed by atoms with Crippen LogP contribution in [0.2, 0.25) is 0 Å². The Labute approximate surface area is 277 Å². The highest BCUT2D eigenvalue weighted by Gasteiger charge is 2.75. The number of aliphatic hydroxyl groups is 1. The summed E-state index contributed by atoms with van der Waals surface area (Å²) in [4.78, 5) is 51.3. The van der Waals surface area contributed by atoms with E-state index in [1.807, 2.05) is 93.6 Å². The molecule has 47 heavy (non-hydrogen) atoms. The van der Waals surface area contributed by atoms with Crippen molar-refractivity contribution in [3.63, 3.8) is 0 Å². The molecule has 10 nitrogen and oxygen atoms in total. The molecule has 250 valence electrons. The van der Waals surface area contributed by atoms with Gasteiger partial charge in [-0.3, -0.25) is 14.4 Å². The van der Waals surface area contributed by atoms with Gasteiger partial charge in [-0.15, -0.1) is 0 Å². The Morgan fingerprint density at radius 1 is 0.851 bits per heavy atom. The predicted octanol–water partition coefficient (Wildman–Crippen LogP) is 4.18. The van der Waals surface area contributed by atoms with Crippen LogP contribution in [0.5, 0.6) is 5.75 Å². The van der Waals surface area contributed by atoms with E-state index in [9.17, 15) is 19.5 Å². The summed E-state index contributed by atoms with van der Waals surface area (Å²) in [6.07, 6.45) is 7.94. The maximum absolute atomic E-state index is 14.8. The first-order valence-electron chi connectivity index (χ1n) is 16.9. The second-order valence-corrected chi connectivity index (χ2v) is 12.8. The van der Waals surface area contributed by atoms with E-state index >= 15 is 0 Å². The number of anilines is 3. The smallest absolute Gasteiger partial charge is 0.253 e. The van der Waals surface area contributed by atoms with E-state index in [2.05, 4.69) is 18.7 Å². The van der Waals surface area contributed by atoms with Gasteiger partial charge in [0, 0.05) is 43.2 Å². The zero-order valence-corrected chi connectivity index (χ0v) is 28.0. The average Bonchev–Trinajstić information content (AvgIpc) is 3.34. The maximum Gasteiger partial charge on any atom is 0.253 e. The zero-order valence-electron chi connectivity index (χ0n) is 28.0. The third-order valence-corrected chi connectivity index (χ3v) is 10.3. The highest BCUT2D eigenvalue weighted by atomic mass is 16.5. The number of likely N-dealkylation sites (tertiary alicyclic amines) is 1. The molecule has 4 aliphatic rings. The molecule has 1 unspecified atom stereocenters. The Morgan fingerprint density at radius 3 is 2.02 bits per heavy atom. The number of amides is 3. The fraction of sp³-hybridized carbons (Fsp3) is 0.486. The molecule has 4 aliphatic heterocycles. The van der Waals surface area contributed by atoms with Crippen LogP contribution in [0.15, 0.2) is 72.8 Å². The van der Waals surface area contributed by atoms with Gasteiger partial charge in [0.1, 0.15) is 17.4 Å². The van der Waals surface area contributed by atoms with Crippen molar-refractivity contribution in [1.82, 2.24) is 4.90 Å². The van der Waals surface area contributed by atoms with E-state index in [1.165, 1.54) is 4.90 Å². The van der Waals surface area contributed by atoms with E-state index in [0.29, 0.717) is 36.7 Å². The van der Waals surface area contributed by atoms with Gasteiger partial charge in [0.15, 0.2) is 0 Å². The Hall–Kier alpha value is -4.15. The largest absolute Gasteiger partial charge is 0.494 e. The summed E-state index contributed by atoms with van der Waals surface area (Å²) in [6, 6.07) is 13.5. The van der Waals surface area contributed by atoms with Crippen LogP contribution < -0.4 is 19.4 Å². The van der Waals surface area contributed by atoms with E-state index in [-0.39, 0.29) is 30.9 Å². The van der Waals surface area contributed by atoms with Gasteiger partial charge < -0.3 is 34.2 Å². The second-order valence-electron chi connectivity index (χ2n) is 12.8. The molecule has 1 spiro atoms. The summed E-state index contributed by atoms with van der Waals surface area (Å²) in [7, 11) is 0. The van der Waals surface area contributed by atoms with Crippen LogP contribution in [0.4, 0.5) is 17.1 Å². The van der Waals surface area contributed by atoms with Crippen molar-refractivity contribution in [3.8, 4) is 5.75 Å². The molecule has 0 saturated carbocycles. The van der Waals surface area contributed by atoms with Crippen molar-refractivity contribution in [2.24, 2.45) is 11.8 Å². The topological polar surface area (TPSA) is 103 Å². The van der Waals surface area contributed by atoms with E-state index in [4.69, 9.17) is 9.47 Å². The van der Waals surface area contributed by atoms with Crippen molar-refractivity contribution in [3.05, 3.63) is 72.8 Å². The molecule has 6 atom stereocenters. The summed E-state index contributed by atoms with van der Waals surface area (Å²) in [6.45, 7) is 12.4. The highest BCUT2D eigenvalue weighted by Crippen LogP contribution is 2.58. The fourth-order valence-electron chi connectivity index (χ4n) is 8.05. The number of carbonyl (C=O) groups excluding carboxylic acids is 3. The van der Waals surface area contributed by atoms with E-state index in [0.717, 1.165) is 18.8 Å². The molecule has 2 aromatic rings. The lowest BCUT2D eigenvalue weighted by Crippen LogP contribution is -2.58. The molecule has 2 fully saturated rings. The van der Waals surface area contributed by atoms with Gasteiger partial charge in [-0.25, -0.2) is 0 Å². The molecule has 0 bridgehead atoms. The van der Waals surface area contributed by atoms with Crippen LogP contribution in [-0.4, -0.2) is 90.4 Å². The molecule has 0 radical (unpaired) electrons. The normalized spacial score (nSPS) is 28.9. The number of carbonyl (C=O) groups is 3. The summed E-state index contributed by atoms with van der Waals surface area (Å²) in [5.41, 5.74) is -0.106. The van der Waals surface area contributed by atoms with Crippen LogP contribution in [0.25, 0.3) is 0 Å². The lowest BCUT2D eigenvalue weighted by Gasteiger charge is -2.40. The van der Waals surface area contributed by atoms with Gasteiger partial charge in [0.05, 0.1) is 36.7 Å². The average molecular weight is 643 g/mol. The Kier molecular flexibility index (Phi) is 8.93. The maximum atomic E-state index is 14.8. The van der Waals surface area contributed by atoms with Crippen molar-refractivity contribution < 1.29 is 29.0 Å². The van der Waals surface area contributed by atoms with Gasteiger partial charge in [0.2, 0.25) is 11.8 Å². The molecular formula is C37H46N4O6. The molecule has 10 heteroatoms. The second kappa shape index (κ2) is 12.8. The first-order valence-corrected chi connectivity index (χ1v) is 16.9. The third kappa shape index (κ3) is 5.22. The minimum absolute atomic E-state index is 0.247. The SMILES string of the molecule is CCOc1ccc(N2CC=C[C@@]3(C)O[C@]45C=CCN(c6ccc(N(CC)CC)cc6)C(=O)C4N([C@@H](CC)CO)C(=O)[C@@H]5[C@H]3C2=O)cc1. The number of benzene rings is 2. The fourth-order valence-corrected chi connectivity index (χ4v) is 8.05. The van der Waals surface area contributed by atoms with Crippen molar-refractivity contribution in [2.75, 3.05) is 54.1 Å². The first-order chi connectivity index (χ1) is 22.7. The number of nitrogens with zero attached hydrogens (tertiary/aromatic N) is 4. The molecule has 2 aromatic carbocycles. The molecule has 6 rings (SSSR count). The highest BCUT2D eigenvalue weighted by molar-refractivity contribution is 6.07. The minimum atomic E-state index is -1.41. The van der Waals surface area contributed by atoms with Crippen LogP contribution in [-0.2, 0) is 19.1 Å². The van der Waals surface area contributed by atoms with Gasteiger partial charge in [-0.05, 0) is 82.6 Å². The molecule has 4 heterocycles. The summed E-state index contributed by atoms with van der Waals surface area (Å²) in [5.74, 6) is -2.06. The van der Waals surface area contributed by atoms with Crippen molar-refractivity contribution >= 4 is 34.8 Å². The number of hydrogen-bond donors (Lipinski definition) is 1. The van der Waals surface area contributed by atoms with Gasteiger partial charge >= 0.3 is 0 Å². The van der Waals surface area contributed by atoms with Crippen molar-refractivity contribution in [1.29, 1.82) is 0 Å². The third-order valence-electron chi connectivity index (χ3n) is 10.3. The lowest BCUT2D eigenvalue weighted by molar-refractivity contribution is -0.148. The minimum Gasteiger partial charge on any atom is -0.494 e. The molecule has 2 saturated heterocycles. The quantitative estimate of drug-likeness (QED) is 0.388. The van der Waals surface area contributed by atoms with Crippen LogP contribution in [0, 0.1) is 11.8 Å². The monoisotopic (exact) mass is 642 g/mol. The van der Waals surface area contributed by atoms with Gasteiger partial charge in [-0.1, -0.05) is 31.2 Å². The van der Waals surface area contributed by atoms with Gasteiger partial charge in [-0.2, -0.15) is 0 Å². The number of rotatable bonds is 10. The summed E-state index contributed by atoms with van der Waals surface area (Å²) < 4.78 is 12.6. The van der Waals surface area contributed by atoms with Crippen LogP contribution >= 0.6 is 0 Å². The molecule has 1 N–H and O–H groups in total. The summed E-state index contributed by atoms with van der Waals surface area (Å²) >= 11 is 0. The Morgan fingerprint density at radius 2 is 1.45 bits per heavy atom. The molecule has 3 amide bonds. The molecule has 0 aliphatic carbocycles. The van der Waals surface area contributed by atoms with Gasteiger partial charge in [0.25, 0.3) is 5.91 Å². The Bertz CT molecular complexity index is 1550. The zero-order chi connectivity index (χ0) is 33.5. The number of fused-ring (bicyclic) bond motifs is 2. The lowest BCUT2D eigenvalue weighted by atomic mass is 9.74. The number of ether oxygens (including phenoxy) is 2. The molecule has 0 aromatic heterocycles. The summed E-state index contributed by atoms with van der Waals surface area (Å²) in [5, 5.41) is 10.5. The Balaban J connectivity index is 1.42. The van der Waals surface area contributed by atoms with Crippen molar-refractivity contribution in [2.45, 2.75) is 64.3 Å². The van der Waals surface area contributed by atoms with E-state index < -0.39 is 35.1 Å². The molecular weight excluding hydrogens is 596 g/mol. The standard InChI is InChI=1S/C37H46N4O6/c1-6-25(24-42)41-32-35(45)40(27-14-12-26(13-15-27)38(7-2)8-3)23-11-21-37(32)31(34(41)44)30-33(43)39(22-10-20-36(30,5)47-37)28-16-18-29(19-17-28)46-9-4/h10-21,25,30-32,42H,6-9,22-24H2,1-5H3/t25-,30-,31-,32?,36+,37-/m0/s1. The number of aliphatic hydroxyl groups excluding tert-OH is 1. The van der Waals surface area contributed by atoms with Crippen LogP contribution in [0.3, 0.4) is 0 Å². The van der Waals surface area contributed by atoms with E-state index in [1.54, 1.807) is 9.80 Å². The predicted molar refractivity (Wildman–Crippen MR) is 182 cm³/mol. The number of hydrogen-bond acceptors (Lipinski definition) is 7. The van der Waals surface area contributed by atoms with Crippen LogP contribution in [0.1, 0.15) is 41.0 Å².